The summed E-state index contributed by atoms with van der Waals surface area (Å²) < 4.78 is 19.9. The predicted molar refractivity (Wildman–Crippen MR) is 139 cm³/mol. The van der Waals surface area contributed by atoms with E-state index in [9.17, 15) is 9.18 Å². The van der Waals surface area contributed by atoms with Crippen molar-refractivity contribution >= 4 is 5.97 Å². The van der Waals surface area contributed by atoms with Crippen LogP contribution in [0.5, 0.6) is 5.75 Å². The standard InChI is InChI=1S/C31H37FO2/c1-3-5-6-7-8-9-10-11-12-27-21-22-29(23-30(27)32)34-31(33)28-19-17-26(18-20-28)25-15-13-24(4-2)14-16-25/h13-23H,3-12H2,1-2H3. The second kappa shape index (κ2) is 13.7. The van der Waals surface area contributed by atoms with Gasteiger partial charge in [0.2, 0.25) is 0 Å². The van der Waals surface area contributed by atoms with Gasteiger partial charge in [-0.2, -0.15) is 0 Å². The minimum atomic E-state index is -0.483. The maximum absolute atomic E-state index is 14.5. The van der Waals surface area contributed by atoms with Gasteiger partial charge in [0.25, 0.3) is 0 Å². The van der Waals surface area contributed by atoms with Crippen LogP contribution in [0.4, 0.5) is 4.39 Å². The lowest BCUT2D eigenvalue weighted by molar-refractivity contribution is 0.0734. The molecule has 0 atom stereocenters. The summed E-state index contributed by atoms with van der Waals surface area (Å²) in [6, 6.07) is 20.5. The summed E-state index contributed by atoms with van der Waals surface area (Å²) in [6.45, 7) is 4.36. The molecule has 0 saturated heterocycles. The maximum atomic E-state index is 14.5. The topological polar surface area (TPSA) is 26.3 Å². The molecule has 3 heteroatoms. The third-order valence-corrected chi connectivity index (χ3v) is 6.35. The van der Waals surface area contributed by atoms with Crippen molar-refractivity contribution in [2.75, 3.05) is 0 Å². The van der Waals surface area contributed by atoms with Gasteiger partial charge < -0.3 is 4.74 Å². The second-order valence-corrected chi connectivity index (χ2v) is 9.00. The van der Waals surface area contributed by atoms with Crippen molar-refractivity contribution in [1.82, 2.24) is 0 Å². The van der Waals surface area contributed by atoms with Crippen molar-refractivity contribution in [3.05, 3.63) is 89.2 Å². The first-order valence-electron chi connectivity index (χ1n) is 12.8. The van der Waals surface area contributed by atoms with Crippen LogP contribution in [0, 0.1) is 5.82 Å². The maximum Gasteiger partial charge on any atom is 0.343 e. The summed E-state index contributed by atoms with van der Waals surface area (Å²) in [5.41, 5.74) is 4.56. The molecule has 0 aliphatic rings. The lowest BCUT2D eigenvalue weighted by Gasteiger charge is -2.09. The van der Waals surface area contributed by atoms with Crippen molar-refractivity contribution < 1.29 is 13.9 Å². The van der Waals surface area contributed by atoms with Gasteiger partial charge in [-0.25, -0.2) is 9.18 Å². The number of esters is 1. The van der Waals surface area contributed by atoms with Crippen molar-refractivity contribution in [1.29, 1.82) is 0 Å². The van der Waals surface area contributed by atoms with E-state index in [1.54, 1.807) is 24.3 Å². The van der Waals surface area contributed by atoms with Crippen LogP contribution >= 0.6 is 0 Å². The molecule has 2 nitrogen and oxygen atoms in total. The van der Waals surface area contributed by atoms with Gasteiger partial charge in [-0.15, -0.1) is 0 Å². The molecule has 0 aliphatic carbocycles. The quantitative estimate of drug-likeness (QED) is 0.144. The molecule has 0 saturated carbocycles. The number of aryl methyl sites for hydroxylation is 2. The van der Waals surface area contributed by atoms with E-state index in [0.29, 0.717) is 11.1 Å². The molecule has 34 heavy (non-hydrogen) atoms. The van der Waals surface area contributed by atoms with Gasteiger partial charge >= 0.3 is 5.97 Å². The Kier molecular flexibility index (Phi) is 10.3. The smallest absolute Gasteiger partial charge is 0.343 e. The van der Waals surface area contributed by atoms with Gasteiger partial charge in [-0.1, -0.05) is 101 Å². The average Bonchev–Trinajstić information content (AvgIpc) is 2.87. The van der Waals surface area contributed by atoms with Crippen LogP contribution in [0.15, 0.2) is 66.7 Å². The van der Waals surface area contributed by atoms with Gasteiger partial charge in [0.1, 0.15) is 11.6 Å². The second-order valence-electron chi connectivity index (χ2n) is 9.00. The van der Waals surface area contributed by atoms with E-state index in [1.807, 2.05) is 12.1 Å². The van der Waals surface area contributed by atoms with E-state index in [2.05, 4.69) is 38.1 Å². The van der Waals surface area contributed by atoms with Crippen LogP contribution in [0.2, 0.25) is 0 Å². The summed E-state index contributed by atoms with van der Waals surface area (Å²) in [5, 5.41) is 0. The first-order valence-corrected chi connectivity index (χ1v) is 12.8. The first-order chi connectivity index (χ1) is 16.6. The molecule has 0 unspecified atom stereocenters. The molecule has 3 aromatic rings. The van der Waals surface area contributed by atoms with Crippen LogP contribution < -0.4 is 4.74 Å². The Labute approximate surface area is 204 Å². The zero-order chi connectivity index (χ0) is 24.2. The van der Waals surface area contributed by atoms with Crippen molar-refractivity contribution in [2.45, 2.75) is 78.1 Å². The predicted octanol–water partition coefficient (Wildman–Crippen LogP) is 8.96. The minimum Gasteiger partial charge on any atom is -0.423 e. The Morgan fingerprint density at radius 2 is 1.32 bits per heavy atom. The number of halogens is 1. The van der Waals surface area contributed by atoms with Crippen LogP contribution in [0.25, 0.3) is 11.1 Å². The Hall–Kier alpha value is -2.94. The van der Waals surface area contributed by atoms with E-state index in [0.717, 1.165) is 36.8 Å². The third kappa shape index (κ3) is 7.83. The van der Waals surface area contributed by atoms with E-state index in [1.165, 1.54) is 50.2 Å². The van der Waals surface area contributed by atoms with Crippen molar-refractivity contribution in [3.8, 4) is 16.9 Å². The van der Waals surface area contributed by atoms with Gasteiger partial charge in [-0.05, 0) is 59.7 Å². The van der Waals surface area contributed by atoms with E-state index < -0.39 is 5.97 Å². The molecule has 0 bridgehead atoms. The highest BCUT2D eigenvalue weighted by atomic mass is 19.1. The highest BCUT2D eigenvalue weighted by Gasteiger charge is 2.11. The number of unbranched alkanes of at least 4 members (excludes halogenated alkanes) is 7. The van der Waals surface area contributed by atoms with Gasteiger partial charge in [0.05, 0.1) is 5.56 Å². The molecule has 0 amide bonds. The Morgan fingerprint density at radius 3 is 1.91 bits per heavy atom. The lowest BCUT2D eigenvalue weighted by Crippen LogP contribution is -2.08. The molecule has 0 aromatic heterocycles. The summed E-state index contributed by atoms with van der Waals surface area (Å²) >= 11 is 0. The minimum absolute atomic E-state index is 0.237. The average molecular weight is 461 g/mol. The molecule has 0 spiro atoms. The molecule has 0 fully saturated rings. The Bertz CT molecular complexity index is 1020. The zero-order valence-electron chi connectivity index (χ0n) is 20.6. The Balaban J connectivity index is 1.48. The molecule has 0 aliphatic heterocycles. The highest BCUT2D eigenvalue weighted by molar-refractivity contribution is 5.91. The molecule has 0 heterocycles. The molecule has 0 radical (unpaired) electrons. The fourth-order valence-corrected chi connectivity index (χ4v) is 4.14. The molecular weight excluding hydrogens is 423 g/mol. The SMILES string of the molecule is CCCCCCCCCCc1ccc(OC(=O)c2ccc(-c3ccc(CC)cc3)cc2)cc1F. The van der Waals surface area contributed by atoms with E-state index in [4.69, 9.17) is 4.74 Å². The van der Waals surface area contributed by atoms with Crippen LogP contribution in [0.1, 0.15) is 86.7 Å². The van der Waals surface area contributed by atoms with E-state index >= 15 is 0 Å². The van der Waals surface area contributed by atoms with Crippen LogP contribution in [-0.4, -0.2) is 5.97 Å². The normalized spacial score (nSPS) is 10.9. The molecular formula is C31H37FO2. The number of rotatable bonds is 13. The van der Waals surface area contributed by atoms with Crippen molar-refractivity contribution in [3.63, 3.8) is 0 Å². The number of hydrogen-bond acceptors (Lipinski definition) is 2. The summed E-state index contributed by atoms with van der Waals surface area (Å²) in [7, 11) is 0. The summed E-state index contributed by atoms with van der Waals surface area (Å²) in [4.78, 5) is 12.5. The summed E-state index contributed by atoms with van der Waals surface area (Å²) in [5.74, 6) is -0.552. The molecule has 3 aromatic carbocycles. The number of hydrogen-bond donors (Lipinski definition) is 0. The molecule has 0 N–H and O–H groups in total. The van der Waals surface area contributed by atoms with Crippen LogP contribution in [-0.2, 0) is 12.8 Å². The highest BCUT2D eigenvalue weighted by Crippen LogP contribution is 2.23. The van der Waals surface area contributed by atoms with E-state index in [-0.39, 0.29) is 11.6 Å². The van der Waals surface area contributed by atoms with Gasteiger partial charge in [0, 0.05) is 6.07 Å². The molecule has 180 valence electrons. The number of benzene rings is 3. The number of carbonyl (C=O) groups is 1. The fourth-order valence-electron chi connectivity index (χ4n) is 4.14. The fraction of sp³-hybridized carbons (Fsp3) is 0.387. The largest absolute Gasteiger partial charge is 0.423 e. The first kappa shape index (κ1) is 25.7. The van der Waals surface area contributed by atoms with Gasteiger partial charge in [0.15, 0.2) is 0 Å². The number of carbonyl (C=O) groups excluding carboxylic acids is 1. The summed E-state index contributed by atoms with van der Waals surface area (Å²) in [6.07, 6.45) is 11.5. The molecule has 3 rings (SSSR count). The zero-order valence-corrected chi connectivity index (χ0v) is 20.6. The third-order valence-electron chi connectivity index (χ3n) is 6.35. The van der Waals surface area contributed by atoms with Crippen molar-refractivity contribution in [2.24, 2.45) is 0 Å². The van der Waals surface area contributed by atoms with Gasteiger partial charge in [-0.3, -0.25) is 0 Å². The Morgan fingerprint density at radius 1 is 0.735 bits per heavy atom. The number of ether oxygens (including phenoxy) is 1. The lowest BCUT2D eigenvalue weighted by atomic mass is 10.0. The monoisotopic (exact) mass is 460 g/mol. The van der Waals surface area contributed by atoms with Crippen LogP contribution in [0.3, 0.4) is 0 Å².